The third kappa shape index (κ3) is 2.60. The molecule has 0 aliphatic heterocycles. The summed E-state index contributed by atoms with van der Waals surface area (Å²) in [5.74, 6) is 0.406. The molecule has 1 amide bonds. The fraction of sp³-hybridized carbons (Fsp3) is 0.182. The lowest BCUT2D eigenvalue weighted by Crippen LogP contribution is -2.09. The van der Waals surface area contributed by atoms with E-state index in [-0.39, 0.29) is 5.91 Å². The van der Waals surface area contributed by atoms with Crippen LogP contribution in [0.4, 0.5) is 5.82 Å². The van der Waals surface area contributed by atoms with E-state index >= 15 is 0 Å². The van der Waals surface area contributed by atoms with E-state index in [9.17, 15) is 4.79 Å². The van der Waals surface area contributed by atoms with Crippen molar-refractivity contribution < 1.29 is 4.79 Å². The van der Waals surface area contributed by atoms with Crippen molar-refractivity contribution in [3.63, 3.8) is 0 Å². The van der Waals surface area contributed by atoms with Crippen molar-refractivity contribution in [1.82, 2.24) is 20.0 Å². The molecular formula is C11H13N5O. The molecule has 0 bridgehead atoms. The molecule has 0 aromatic carbocycles. The van der Waals surface area contributed by atoms with E-state index in [1.54, 1.807) is 23.2 Å². The van der Waals surface area contributed by atoms with Crippen molar-refractivity contribution in [2.45, 2.75) is 6.92 Å². The number of carbonyl (C=O) groups excluding carboxylic acids is 1. The summed E-state index contributed by atoms with van der Waals surface area (Å²) in [5, 5.41) is 13.2. The summed E-state index contributed by atoms with van der Waals surface area (Å²) in [6, 6.07) is 1.82. The summed E-state index contributed by atoms with van der Waals surface area (Å²) in [5.41, 5.74) is 1.76. The van der Waals surface area contributed by atoms with Gasteiger partial charge in [-0.1, -0.05) is 0 Å². The van der Waals surface area contributed by atoms with Gasteiger partial charge in [-0.15, -0.1) is 0 Å². The zero-order valence-electron chi connectivity index (χ0n) is 9.64. The maximum absolute atomic E-state index is 11.6. The van der Waals surface area contributed by atoms with Gasteiger partial charge in [0.2, 0.25) is 5.91 Å². The molecule has 2 rings (SSSR count). The molecule has 88 valence electrons. The molecule has 17 heavy (non-hydrogen) atoms. The molecule has 0 unspecified atom stereocenters. The fourth-order valence-electron chi connectivity index (χ4n) is 1.35. The average molecular weight is 231 g/mol. The highest BCUT2D eigenvalue weighted by Crippen LogP contribution is 2.08. The van der Waals surface area contributed by atoms with E-state index < -0.39 is 0 Å². The van der Waals surface area contributed by atoms with E-state index in [2.05, 4.69) is 20.6 Å². The maximum Gasteiger partial charge on any atom is 0.249 e. The smallest absolute Gasteiger partial charge is 0.249 e. The summed E-state index contributed by atoms with van der Waals surface area (Å²) in [4.78, 5) is 11.6. The summed E-state index contributed by atoms with van der Waals surface area (Å²) in [7, 11) is 1.82. The van der Waals surface area contributed by atoms with Crippen LogP contribution in [0.25, 0.3) is 6.08 Å². The van der Waals surface area contributed by atoms with Crippen LogP contribution in [0, 0.1) is 6.92 Å². The summed E-state index contributed by atoms with van der Waals surface area (Å²) >= 11 is 0. The van der Waals surface area contributed by atoms with Crippen LogP contribution in [-0.4, -0.2) is 25.9 Å². The summed E-state index contributed by atoms with van der Waals surface area (Å²) < 4.78 is 1.69. The number of aromatic amines is 1. The lowest BCUT2D eigenvalue weighted by atomic mass is 10.3. The molecule has 0 fully saturated rings. The fourth-order valence-corrected chi connectivity index (χ4v) is 1.35. The Morgan fingerprint density at radius 1 is 1.59 bits per heavy atom. The Balaban J connectivity index is 2.01. The van der Waals surface area contributed by atoms with E-state index in [0.29, 0.717) is 5.82 Å². The average Bonchev–Trinajstić information content (AvgIpc) is 2.86. The molecule has 6 nitrogen and oxygen atoms in total. The molecule has 0 atom stereocenters. The van der Waals surface area contributed by atoms with E-state index in [1.165, 1.54) is 6.08 Å². The molecule has 6 heteroatoms. The lowest BCUT2D eigenvalue weighted by molar-refractivity contribution is -0.111. The van der Waals surface area contributed by atoms with Gasteiger partial charge in [-0.25, -0.2) is 0 Å². The largest absolute Gasteiger partial charge is 0.307 e. The Labute approximate surface area is 98.3 Å². The second kappa shape index (κ2) is 4.65. The molecule has 0 aliphatic rings. The van der Waals surface area contributed by atoms with Gasteiger partial charge in [0.05, 0.1) is 11.9 Å². The first kappa shape index (κ1) is 11.1. The highest BCUT2D eigenvalue weighted by molar-refractivity contribution is 6.01. The van der Waals surface area contributed by atoms with Crippen LogP contribution in [-0.2, 0) is 11.8 Å². The van der Waals surface area contributed by atoms with Crippen LogP contribution in [0.2, 0.25) is 0 Å². The third-order valence-corrected chi connectivity index (χ3v) is 2.34. The Morgan fingerprint density at radius 3 is 3.00 bits per heavy atom. The second-order valence-corrected chi connectivity index (χ2v) is 3.63. The van der Waals surface area contributed by atoms with Crippen LogP contribution in [0.15, 0.2) is 24.5 Å². The number of rotatable bonds is 3. The van der Waals surface area contributed by atoms with Crippen molar-refractivity contribution >= 4 is 17.8 Å². The van der Waals surface area contributed by atoms with Crippen molar-refractivity contribution in [3.8, 4) is 0 Å². The number of H-pyrrole nitrogens is 1. The molecule has 0 aliphatic carbocycles. The van der Waals surface area contributed by atoms with Crippen LogP contribution in [0.5, 0.6) is 0 Å². The Bertz CT molecular complexity index is 552. The van der Waals surface area contributed by atoms with Crippen molar-refractivity contribution in [3.05, 3.63) is 35.8 Å². The topological polar surface area (TPSA) is 75.6 Å². The first-order valence-electron chi connectivity index (χ1n) is 5.14. The van der Waals surface area contributed by atoms with E-state index in [1.807, 2.05) is 20.0 Å². The standard InChI is InChI=1S/C11H13N5O/c1-8-7-12-15-11(8)14-10(17)4-3-9-5-6-13-16(9)2/h3-7H,1-2H3,(H2,12,14,15,17)/b4-3+. The minimum Gasteiger partial charge on any atom is -0.307 e. The van der Waals surface area contributed by atoms with Gasteiger partial charge >= 0.3 is 0 Å². The van der Waals surface area contributed by atoms with Gasteiger partial charge in [0.25, 0.3) is 0 Å². The quantitative estimate of drug-likeness (QED) is 0.777. The van der Waals surface area contributed by atoms with Gasteiger partial charge in [0.1, 0.15) is 5.82 Å². The van der Waals surface area contributed by atoms with Gasteiger partial charge in [-0.2, -0.15) is 10.2 Å². The Kier molecular flexibility index (Phi) is 3.04. The summed E-state index contributed by atoms with van der Waals surface area (Å²) in [6.07, 6.45) is 6.49. The van der Waals surface area contributed by atoms with Gasteiger partial charge < -0.3 is 5.32 Å². The maximum atomic E-state index is 11.6. The lowest BCUT2D eigenvalue weighted by Gasteiger charge is -1.99. The zero-order chi connectivity index (χ0) is 12.3. The van der Waals surface area contributed by atoms with Gasteiger partial charge in [-0.05, 0) is 19.1 Å². The number of hydrogen-bond acceptors (Lipinski definition) is 3. The molecule has 0 saturated carbocycles. The number of nitrogens with zero attached hydrogens (tertiary/aromatic N) is 3. The van der Waals surface area contributed by atoms with Crippen molar-refractivity contribution in [2.75, 3.05) is 5.32 Å². The summed E-state index contributed by atoms with van der Waals surface area (Å²) in [6.45, 7) is 1.87. The number of carbonyl (C=O) groups is 1. The number of nitrogens with one attached hydrogen (secondary N) is 2. The minimum atomic E-state index is -0.210. The highest BCUT2D eigenvalue weighted by atomic mass is 16.1. The van der Waals surface area contributed by atoms with Crippen LogP contribution < -0.4 is 5.32 Å². The molecule has 2 aromatic heterocycles. The first-order chi connectivity index (χ1) is 8.16. The van der Waals surface area contributed by atoms with Crippen LogP contribution in [0.1, 0.15) is 11.3 Å². The third-order valence-electron chi connectivity index (χ3n) is 2.34. The number of hydrogen-bond donors (Lipinski definition) is 2. The monoisotopic (exact) mass is 231 g/mol. The predicted octanol–water partition coefficient (Wildman–Crippen LogP) is 1.10. The van der Waals surface area contributed by atoms with Crippen LogP contribution >= 0.6 is 0 Å². The van der Waals surface area contributed by atoms with E-state index in [4.69, 9.17) is 0 Å². The van der Waals surface area contributed by atoms with Gasteiger partial charge in [-0.3, -0.25) is 14.6 Å². The number of aryl methyl sites for hydroxylation is 2. The SMILES string of the molecule is Cc1cn[nH]c1NC(=O)/C=C/c1ccnn1C. The highest BCUT2D eigenvalue weighted by Gasteiger charge is 2.02. The van der Waals surface area contributed by atoms with E-state index in [0.717, 1.165) is 11.3 Å². The Morgan fingerprint density at radius 2 is 2.41 bits per heavy atom. The van der Waals surface area contributed by atoms with Crippen molar-refractivity contribution in [1.29, 1.82) is 0 Å². The minimum absolute atomic E-state index is 0.210. The van der Waals surface area contributed by atoms with Gasteiger partial charge in [0, 0.05) is 24.9 Å². The number of aromatic nitrogens is 4. The predicted molar refractivity (Wildman–Crippen MR) is 64.2 cm³/mol. The molecular weight excluding hydrogens is 218 g/mol. The number of amides is 1. The molecule has 2 N–H and O–H groups in total. The molecule has 2 heterocycles. The molecule has 0 spiro atoms. The van der Waals surface area contributed by atoms with Crippen molar-refractivity contribution in [2.24, 2.45) is 7.05 Å². The van der Waals surface area contributed by atoms with Crippen LogP contribution in [0.3, 0.4) is 0 Å². The van der Waals surface area contributed by atoms with Gasteiger partial charge in [0.15, 0.2) is 0 Å². The first-order valence-corrected chi connectivity index (χ1v) is 5.14. The Hall–Kier alpha value is -2.37. The molecule has 0 radical (unpaired) electrons. The second-order valence-electron chi connectivity index (χ2n) is 3.63. The number of anilines is 1. The zero-order valence-corrected chi connectivity index (χ0v) is 9.64. The molecule has 2 aromatic rings. The normalized spacial score (nSPS) is 10.9. The molecule has 0 saturated heterocycles.